The number of carbonyl (C=O) groups is 1. The minimum Gasteiger partial charge on any atom is -0.467 e. The van der Waals surface area contributed by atoms with Crippen molar-refractivity contribution in [3.05, 3.63) is 73.2 Å². The highest BCUT2D eigenvalue weighted by atomic mass is 16.3. The average Bonchev–Trinajstić information content (AvgIpc) is 3.19. The van der Waals surface area contributed by atoms with Crippen molar-refractivity contribution in [2.75, 3.05) is 5.32 Å². The summed E-state index contributed by atoms with van der Waals surface area (Å²) in [5, 5.41) is 2.84. The van der Waals surface area contributed by atoms with Crippen LogP contribution in [0.4, 0.5) is 5.69 Å². The van der Waals surface area contributed by atoms with Crippen molar-refractivity contribution in [3.8, 4) is 0 Å². The molecule has 0 radical (unpaired) electrons. The van der Waals surface area contributed by atoms with E-state index in [-0.39, 0.29) is 18.4 Å². The van der Waals surface area contributed by atoms with Gasteiger partial charge in [-0.05, 0) is 36.4 Å². The van der Waals surface area contributed by atoms with E-state index in [1.165, 1.54) is 0 Å². The second kappa shape index (κ2) is 6.09. The van der Waals surface area contributed by atoms with Gasteiger partial charge in [-0.1, -0.05) is 0 Å². The maximum absolute atomic E-state index is 12.2. The Morgan fingerprint density at radius 3 is 2.76 bits per heavy atom. The molecule has 5 heteroatoms. The zero-order chi connectivity index (χ0) is 14.5. The molecular formula is C16H15N3O2. The van der Waals surface area contributed by atoms with Gasteiger partial charge in [-0.3, -0.25) is 9.78 Å². The second-order valence-corrected chi connectivity index (χ2v) is 4.66. The van der Waals surface area contributed by atoms with E-state index in [0.717, 1.165) is 5.76 Å². The van der Waals surface area contributed by atoms with E-state index in [1.807, 2.05) is 47.3 Å². The molecule has 1 atom stereocenters. The minimum absolute atomic E-state index is 0.0851. The summed E-state index contributed by atoms with van der Waals surface area (Å²) in [6, 6.07) is 11.0. The molecular weight excluding hydrogens is 266 g/mol. The molecule has 0 unspecified atom stereocenters. The molecule has 21 heavy (non-hydrogen) atoms. The normalized spacial score (nSPS) is 12.0. The Hall–Kier alpha value is -2.82. The van der Waals surface area contributed by atoms with Crippen LogP contribution in [0.5, 0.6) is 0 Å². The Balaban J connectivity index is 1.75. The highest BCUT2D eigenvalue weighted by Gasteiger charge is 2.19. The Bertz CT molecular complexity index is 641. The third-order valence-corrected chi connectivity index (χ3v) is 3.18. The van der Waals surface area contributed by atoms with Crippen LogP contribution in [-0.4, -0.2) is 15.5 Å². The molecule has 0 bridgehead atoms. The van der Waals surface area contributed by atoms with Crippen LogP contribution in [0, 0.1) is 0 Å². The number of furan rings is 1. The molecule has 0 aliphatic rings. The van der Waals surface area contributed by atoms with Crippen LogP contribution >= 0.6 is 0 Å². The Kier molecular flexibility index (Phi) is 3.82. The molecule has 3 aromatic heterocycles. The van der Waals surface area contributed by atoms with Crippen molar-refractivity contribution in [1.29, 1.82) is 0 Å². The molecule has 1 amide bonds. The van der Waals surface area contributed by atoms with E-state index in [9.17, 15) is 4.79 Å². The van der Waals surface area contributed by atoms with Gasteiger partial charge in [0.1, 0.15) is 5.76 Å². The van der Waals surface area contributed by atoms with E-state index >= 15 is 0 Å². The lowest BCUT2D eigenvalue weighted by Crippen LogP contribution is -2.19. The Labute approximate surface area is 122 Å². The monoisotopic (exact) mass is 281 g/mol. The van der Waals surface area contributed by atoms with Crippen LogP contribution in [0.25, 0.3) is 0 Å². The van der Waals surface area contributed by atoms with Crippen molar-refractivity contribution in [2.24, 2.45) is 0 Å². The van der Waals surface area contributed by atoms with Gasteiger partial charge < -0.3 is 14.3 Å². The number of hydrogen-bond donors (Lipinski definition) is 1. The van der Waals surface area contributed by atoms with Crippen LogP contribution in [-0.2, 0) is 4.79 Å². The van der Waals surface area contributed by atoms with E-state index < -0.39 is 0 Å². The summed E-state index contributed by atoms with van der Waals surface area (Å²) in [5.74, 6) is 0.672. The molecule has 0 saturated carbocycles. The van der Waals surface area contributed by atoms with Crippen LogP contribution in [0.1, 0.15) is 18.2 Å². The molecule has 0 aliphatic heterocycles. The highest BCUT2D eigenvalue weighted by Crippen LogP contribution is 2.23. The summed E-state index contributed by atoms with van der Waals surface area (Å²) < 4.78 is 7.42. The third-order valence-electron chi connectivity index (χ3n) is 3.18. The first kappa shape index (κ1) is 13.2. The van der Waals surface area contributed by atoms with Crippen LogP contribution in [0.3, 0.4) is 0 Å². The molecule has 0 spiro atoms. The standard InChI is InChI=1S/C16H15N3O2/c20-16(18-13-5-3-7-17-12-13)11-14(15-6-4-10-21-15)19-8-1-2-9-19/h1-10,12,14H,11H2,(H,18,20)/t14-/m1/s1. The number of rotatable bonds is 5. The lowest BCUT2D eigenvalue weighted by atomic mass is 10.1. The summed E-state index contributed by atoms with van der Waals surface area (Å²) in [5.41, 5.74) is 0.688. The number of aromatic nitrogens is 2. The number of hydrogen-bond acceptors (Lipinski definition) is 3. The molecule has 0 fully saturated rings. The van der Waals surface area contributed by atoms with Gasteiger partial charge in [0, 0.05) is 18.6 Å². The van der Waals surface area contributed by atoms with Gasteiger partial charge in [-0.25, -0.2) is 0 Å². The van der Waals surface area contributed by atoms with Gasteiger partial charge >= 0.3 is 0 Å². The van der Waals surface area contributed by atoms with Crippen LogP contribution in [0.2, 0.25) is 0 Å². The van der Waals surface area contributed by atoms with Gasteiger partial charge in [-0.15, -0.1) is 0 Å². The van der Waals surface area contributed by atoms with Crippen LogP contribution < -0.4 is 5.32 Å². The molecule has 0 aromatic carbocycles. The van der Waals surface area contributed by atoms with Crippen molar-refractivity contribution < 1.29 is 9.21 Å². The molecule has 0 saturated heterocycles. The first-order valence-corrected chi connectivity index (χ1v) is 6.68. The number of pyridine rings is 1. The number of carbonyl (C=O) groups excluding carboxylic acids is 1. The summed E-state index contributed by atoms with van der Waals surface area (Å²) in [7, 11) is 0. The summed E-state index contributed by atoms with van der Waals surface area (Å²) in [6.07, 6.45) is 9.04. The van der Waals surface area contributed by atoms with E-state index in [4.69, 9.17) is 4.42 Å². The molecule has 5 nitrogen and oxygen atoms in total. The fourth-order valence-electron chi connectivity index (χ4n) is 2.21. The van der Waals surface area contributed by atoms with Gasteiger partial charge in [0.05, 0.1) is 30.6 Å². The zero-order valence-corrected chi connectivity index (χ0v) is 11.3. The number of nitrogens with zero attached hydrogens (tertiary/aromatic N) is 2. The molecule has 1 N–H and O–H groups in total. The quantitative estimate of drug-likeness (QED) is 0.781. The summed E-state index contributed by atoms with van der Waals surface area (Å²) in [6.45, 7) is 0. The van der Waals surface area contributed by atoms with Crippen molar-refractivity contribution in [2.45, 2.75) is 12.5 Å². The lowest BCUT2D eigenvalue weighted by molar-refractivity contribution is -0.116. The smallest absolute Gasteiger partial charge is 0.226 e. The van der Waals surface area contributed by atoms with Crippen molar-refractivity contribution in [1.82, 2.24) is 9.55 Å². The second-order valence-electron chi connectivity index (χ2n) is 4.66. The van der Waals surface area contributed by atoms with Gasteiger partial charge in [0.2, 0.25) is 5.91 Å². The fourth-order valence-corrected chi connectivity index (χ4v) is 2.21. The number of amides is 1. The highest BCUT2D eigenvalue weighted by molar-refractivity contribution is 5.90. The molecule has 3 heterocycles. The van der Waals surface area contributed by atoms with E-state index in [0.29, 0.717) is 5.69 Å². The molecule has 0 aliphatic carbocycles. The van der Waals surface area contributed by atoms with Gasteiger partial charge in [0.25, 0.3) is 0 Å². The predicted octanol–water partition coefficient (Wildman–Crippen LogP) is 3.09. The lowest BCUT2D eigenvalue weighted by Gasteiger charge is -2.16. The largest absolute Gasteiger partial charge is 0.467 e. The first-order chi connectivity index (χ1) is 10.3. The molecule has 106 valence electrons. The maximum Gasteiger partial charge on any atom is 0.226 e. The molecule has 3 aromatic rings. The van der Waals surface area contributed by atoms with Crippen LogP contribution in [0.15, 0.2) is 71.9 Å². The summed E-state index contributed by atoms with van der Waals surface area (Å²) >= 11 is 0. The number of anilines is 1. The van der Waals surface area contributed by atoms with E-state index in [1.54, 1.807) is 24.7 Å². The predicted molar refractivity (Wildman–Crippen MR) is 78.8 cm³/mol. The Morgan fingerprint density at radius 1 is 1.24 bits per heavy atom. The zero-order valence-electron chi connectivity index (χ0n) is 11.3. The van der Waals surface area contributed by atoms with Crippen molar-refractivity contribution >= 4 is 11.6 Å². The number of nitrogens with one attached hydrogen (secondary N) is 1. The van der Waals surface area contributed by atoms with Gasteiger partial charge in [-0.2, -0.15) is 0 Å². The fraction of sp³-hybridized carbons (Fsp3) is 0.125. The molecule has 3 rings (SSSR count). The average molecular weight is 281 g/mol. The van der Waals surface area contributed by atoms with E-state index in [2.05, 4.69) is 10.3 Å². The Morgan fingerprint density at radius 2 is 2.10 bits per heavy atom. The summed E-state index contributed by atoms with van der Waals surface area (Å²) in [4.78, 5) is 16.2. The van der Waals surface area contributed by atoms with Gasteiger partial charge in [0.15, 0.2) is 0 Å². The third kappa shape index (κ3) is 3.20. The SMILES string of the molecule is O=C(C[C@H](c1ccco1)n1cccc1)Nc1cccnc1. The first-order valence-electron chi connectivity index (χ1n) is 6.68. The maximum atomic E-state index is 12.2. The van der Waals surface area contributed by atoms with Crippen molar-refractivity contribution in [3.63, 3.8) is 0 Å². The topological polar surface area (TPSA) is 60.1 Å². The minimum atomic E-state index is -0.160.